The molecule has 1 saturated heterocycles. The second kappa shape index (κ2) is 12.3. The summed E-state index contributed by atoms with van der Waals surface area (Å²) in [4.78, 5) is 21.3. The van der Waals surface area contributed by atoms with E-state index >= 15 is 0 Å². The van der Waals surface area contributed by atoms with E-state index in [2.05, 4.69) is 34.9 Å². The van der Waals surface area contributed by atoms with E-state index < -0.39 is 5.97 Å². The number of aromatic nitrogens is 1. The Labute approximate surface area is 217 Å². The van der Waals surface area contributed by atoms with Crippen LogP contribution in [-0.4, -0.2) is 61.8 Å². The van der Waals surface area contributed by atoms with Crippen LogP contribution in [0.15, 0.2) is 24.4 Å². The summed E-state index contributed by atoms with van der Waals surface area (Å²) in [6, 6.07) is 6.06. The number of benzene rings is 1. The summed E-state index contributed by atoms with van der Waals surface area (Å²) >= 11 is 0. The van der Waals surface area contributed by atoms with E-state index in [0.717, 1.165) is 73.5 Å². The molecule has 2 heterocycles. The molecule has 0 atom stereocenters. The van der Waals surface area contributed by atoms with E-state index in [1.165, 1.54) is 50.6 Å². The number of carboxylic acids is 1. The molecule has 1 aliphatic heterocycles. The molecule has 0 bridgehead atoms. The summed E-state index contributed by atoms with van der Waals surface area (Å²) in [5, 5.41) is 10.9. The van der Waals surface area contributed by atoms with E-state index in [0.29, 0.717) is 0 Å². The number of carboxylic acid groups (broad SMARTS) is 1. The summed E-state index contributed by atoms with van der Waals surface area (Å²) < 4.78 is 5.49. The molecule has 1 aromatic carbocycles. The highest BCUT2D eigenvalue weighted by Crippen LogP contribution is 2.41. The van der Waals surface area contributed by atoms with Crippen LogP contribution in [0.2, 0.25) is 0 Å². The first kappa shape index (κ1) is 26.7. The Morgan fingerprint density at radius 3 is 2.61 bits per heavy atom. The number of carbonyl (C=O) groups is 1. The Morgan fingerprint density at radius 1 is 1.19 bits per heavy atom. The number of piperidine rings is 1. The van der Waals surface area contributed by atoms with E-state index in [4.69, 9.17) is 4.74 Å². The lowest BCUT2D eigenvalue weighted by Gasteiger charge is -2.42. The standard InChI is InChI=1S/C30H45N3O3/c1-32(2)28-22-31-27-12-11-24(36-3)20-26(27)25(28)10-7-14-30(21-29(34)35)15-18-33(19-16-30)17-13-23-8-5-4-6-9-23/h11-12,20,22-23H,4-10,13-19,21H2,1-3H3,(H,34,35). The van der Waals surface area contributed by atoms with Crippen molar-refractivity contribution in [2.75, 3.05) is 45.7 Å². The summed E-state index contributed by atoms with van der Waals surface area (Å²) in [6.07, 6.45) is 15.4. The third-order valence-corrected chi connectivity index (χ3v) is 8.80. The Hall–Kier alpha value is -2.34. The van der Waals surface area contributed by atoms with Gasteiger partial charge in [-0.15, -0.1) is 0 Å². The van der Waals surface area contributed by atoms with Gasteiger partial charge in [-0.2, -0.15) is 0 Å². The minimum Gasteiger partial charge on any atom is -0.497 e. The highest BCUT2D eigenvalue weighted by atomic mass is 16.5. The van der Waals surface area contributed by atoms with Gasteiger partial charge in [-0.25, -0.2) is 0 Å². The Bertz CT molecular complexity index is 1010. The fourth-order valence-corrected chi connectivity index (χ4v) is 6.56. The molecule has 2 aliphatic rings. The lowest BCUT2D eigenvalue weighted by molar-refractivity contribution is -0.140. The average molecular weight is 496 g/mol. The molecule has 36 heavy (non-hydrogen) atoms. The lowest BCUT2D eigenvalue weighted by atomic mass is 9.71. The van der Waals surface area contributed by atoms with Gasteiger partial charge in [0.1, 0.15) is 5.75 Å². The Morgan fingerprint density at radius 2 is 1.94 bits per heavy atom. The molecular formula is C30H45N3O3. The molecule has 0 unspecified atom stereocenters. The number of aryl methyl sites for hydroxylation is 1. The van der Waals surface area contributed by atoms with Crippen molar-refractivity contribution in [1.82, 2.24) is 9.88 Å². The number of anilines is 1. The van der Waals surface area contributed by atoms with Gasteiger partial charge in [0.2, 0.25) is 0 Å². The number of methoxy groups -OCH3 is 1. The summed E-state index contributed by atoms with van der Waals surface area (Å²) in [6.45, 7) is 3.27. The molecule has 198 valence electrons. The fourth-order valence-electron chi connectivity index (χ4n) is 6.56. The summed E-state index contributed by atoms with van der Waals surface area (Å²) in [5.41, 5.74) is 3.29. The third kappa shape index (κ3) is 6.70. The maximum atomic E-state index is 11.9. The number of pyridine rings is 1. The number of aliphatic carboxylic acids is 1. The van der Waals surface area contributed by atoms with Crippen molar-refractivity contribution in [2.45, 2.75) is 77.0 Å². The molecule has 2 aromatic rings. The normalized spacial score (nSPS) is 18.9. The molecule has 4 rings (SSSR count). The molecule has 1 aromatic heterocycles. The van der Waals surface area contributed by atoms with Gasteiger partial charge >= 0.3 is 5.97 Å². The van der Waals surface area contributed by atoms with Crippen molar-refractivity contribution in [3.63, 3.8) is 0 Å². The molecule has 0 amide bonds. The van der Waals surface area contributed by atoms with Crippen LogP contribution in [0.3, 0.4) is 0 Å². The number of rotatable bonds is 11. The van der Waals surface area contributed by atoms with Crippen molar-refractivity contribution in [2.24, 2.45) is 11.3 Å². The van der Waals surface area contributed by atoms with Crippen molar-refractivity contribution >= 4 is 22.6 Å². The zero-order valence-electron chi connectivity index (χ0n) is 22.6. The zero-order chi connectivity index (χ0) is 25.5. The van der Waals surface area contributed by atoms with E-state index in [1.54, 1.807) is 7.11 Å². The summed E-state index contributed by atoms with van der Waals surface area (Å²) in [5.74, 6) is 1.09. The van der Waals surface area contributed by atoms with Gasteiger partial charge in [0.05, 0.1) is 30.9 Å². The molecular weight excluding hydrogens is 450 g/mol. The number of ether oxygens (including phenoxy) is 1. The van der Waals surface area contributed by atoms with Crippen LogP contribution in [0.1, 0.15) is 76.2 Å². The van der Waals surface area contributed by atoms with Crippen molar-refractivity contribution in [3.8, 4) is 5.75 Å². The largest absolute Gasteiger partial charge is 0.497 e. The van der Waals surface area contributed by atoms with Gasteiger partial charge in [0.15, 0.2) is 0 Å². The predicted octanol–water partition coefficient (Wildman–Crippen LogP) is 6.16. The minimum absolute atomic E-state index is 0.0913. The highest BCUT2D eigenvalue weighted by Gasteiger charge is 2.36. The van der Waals surface area contributed by atoms with Crippen molar-refractivity contribution in [3.05, 3.63) is 30.0 Å². The van der Waals surface area contributed by atoms with E-state index in [-0.39, 0.29) is 11.8 Å². The smallest absolute Gasteiger partial charge is 0.303 e. The number of nitrogens with zero attached hydrogens (tertiary/aromatic N) is 3. The summed E-state index contributed by atoms with van der Waals surface area (Å²) in [7, 11) is 5.81. The molecule has 6 nitrogen and oxygen atoms in total. The predicted molar refractivity (Wildman–Crippen MR) is 147 cm³/mol. The van der Waals surface area contributed by atoms with Gasteiger partial charge in [0.25, 0.3) is 0 Å². The van der Waals surface area contributed by atoms with Crippen LogP contribution < -0.4 is 9.64 Å². The van der Waals surface area contributed by atoms with Crippen LogP contribution in [0, 0.1) is 11.3 Å². The van der Waals surface area contributed by atoms with Crippen LogP contribution >= 0.6 is 0 Å². The topological polar surface area (TPSA) is 65.9 Å². The highest BCUT2D eigenvalue weighted by molar-refractivity contribution is 5.88. The second-order valence-corrected chi connectivity index (χ2v) is 11.5. The van der Waals surface area contributed by atoms with Gasteiger partial charge in [-0.3, -0.25) is 9.78 Å². The second-order valence-electron chi connectivity index (χ2n) is 11.5. The van der Waals surface area contributed by atoms with Gasteiger partial charge in [0, 0.05) is 19.5 Å². The average Bonchev–Trinajstić information content (AvgIpc) is 2.88. The first-order chi connectivity index (χ1) is 17.4. The molecule has 6 heteroatoms. The molecule has 1 N–H and O–H groups in total. The lowest BCUT2D eigenvalue weighted by Crippen LogP contribution is -2.42. The Balaban J connectivity index is 1.41. The SMILES string of the molecule is COc1ccc2ncc(N(C)C)c(CCCC3(CC(=O)O)CCN(CCC4CCCCC4)CC3)c2c1. The number of hydrogen-bond donors (Lipinski definition) is 1. The van der Waals surface area contributed by atoms with Crippen molar-refractivity contribution < 1.29 is 14.6 Å². The first-order valence-electron chi connectivity index (χ1n) is 14.0. The fraction of sp³-hybridized carbons (Fsp3) is 0.667. The monoisotopic (exact) mass is 495 g/mol. The van der Waals surface area contributed by atoms with Gasteiger partial charge in [-0.1, -0.05) is 32.1 Å². The number of fused-ring (bicyclic) bond motifs is 1. The Kier molecular flexibility index (Phi) is 9.10. The third-order valence-electron chi connectivity index (χ3n) is 8.80. The van der Waals surface area contributed by atoms with Crippen LogP contribution in [0.25, 0.3) is 10.9 Å². The van der Waals surface area contributed by atoms with E-state index in [9.17, 15) is 9.90 Å². The van der Waals surface area contributed by atoms with Gasteiger partial charge < -0.3 is 19.6 Å². The zero-order valence-corrected chi connectivity index (χ0v) is 22.6. The van der Waals surface area contributed by atoms with Crippen LogP contribution in [0.5, 0.6) is 5.75 Å². The number of hydrogen-bond acceptors (Lipinski definition) is 5. The van der Waals surface area contributed by atoms with Gasteiger partial charge in [-0.05, 0) is 93.3 Å². The molecule has 2 fully saturated rings. The maximum absolute atomic E-state index is 11.9. The maximum Gasteiger partial charge on any atom is 0.303 e. The molecule has 1 aliphatic carbocycles. The quantitative estimate of drug-likeness (QED) is 0.403. The minimum atomic E-state index is -0.654. The van der Waals surface area contributed by atoms with Crippen LogP contribution in [-0.2, 0) is 11.2 Å². The van der Waals surface area contributed by atoms with E-state index in [1.807, 2.05) is 18.3 Å². The van der Waals surface area contributed by atoms with Crippen molar-refractivity contribution in [1.29, 1.82) is 0 Å². The first-order valence-corrected chi connectivity index (χ1v) is 14.0. The number of likely N-dealkylation sites (tertiary alicyclic amines) is 1. The van der Waals surface area contributed by atoms with Crippen LogP contribution in [0.4, 0.5) is 5.69 Å². The molecule has 0 spiro atoms. The molecule has 0 radical (unpaired) electrons. The molecule has 1 saturated carbocycles.